The van der Waals surface area contributed by atoms with Gasteiger partial charge < -0.3 is 9.88 Å². The number of carbonyl (C=O) groups is 1. The highest BCUT2D eigenvalue weighted by molar-refractivity contribution is 6.06. The molecule has 0 unspecified atom stereocenters. The second-order valence-corrected chi connectivity index (χ2v) is 7.16. The van der Waals surface area contributed by atoms with Gasteiger partial charge >= 0.3 is 0 Å². The second kappa shape index (κ2) is 7.49. The van der Waals surface area contributed by atoms with Crippen LogP contribution in [0.1, 0.15) is 6.42 Å². The summed E-state index contributed by atoms with van der Waals surface area (Å²) in [7, 11) is 0. The number of aromatic nitrogens is 3. The number of nitro groups is 1. The first-order valence-electron chi connectivity index (χ1n) is 9.78. The number of aryl methyl sites for hydroxylation is 1. The zero-order chi connectivity index (χ0) is 21.4. The first kappa shape index (κ1) is 18.7. The van der Waals surface area contributed by atoms with E-state index >= 15 is 0 Å². The van der Waals surface area contributed by atoms with Crippen molar-refractivity contribution in [2.45, 2.75) is 13.0 Å². The quantitative estimate of drug-likeness (QED) is 0.334. The minimum Gasteiger partial charge on any atom is -0.326 e. The Bertz CT molecular complexity index is 1470. The highest BCUT2D eigenvalue weighted by Gasteiger charge is 2.15. The molecule has 1 amide bonds. The molecule has 2 heterocycles. The number of non-ortho nitro benzene ring substituents is 1. The molecule has 31 heavy (non-hydrogen) atoms. The Kier molecular flexibility index (Phi) is 4.51. The molecule has 152 valence electrons. The van der Waals surface area contributed by atoms with Gasteiger partial charge in [0.25, 0.3) is 5.69 Å². The van der Waals surface area contributed by atoms with Crippen molar-refractivity contribution in [3.63, 3.8) is 0 Å². The monoisotopic (exact) mass is 411 g/mol. The number of amides is 1. The van der Waals surface area contributed by atoms with Gasteiger partial charge in [-0.15, -0.1) is 0 Å². The summed E-state index contributed by atoms with van der Waals surface area (Å²) in [4.78, 5) is 32.6. The van der Waals surface area contributed by atoms with E-state index in [1.165, 1.54) is 12.1 Å². The van der Waals surface area contributed by atoms with Gasteiger partial charge in [-0.3, -0.25) is 14.9 Å². The van der Waals surface area contributed by atoms with Crippen LogP contribution in [0.4, 0.5) is 11.4 Å². The highest BCUT2D eigenvalue weighted by Crippen LogP contribution is 2.28. The van der Waals surface area contributed by atoms with Crippen molar-refractivity contribution < 1.29 is 9.72 Å². The number of anilines is 1. The Labute approximate surface area is 176 Å². The molecule has 8 heteroatoms. The Balaban J connectivity index is 1.47. The van der Waals surface area contributed by atoms with E-state index in [1.54, 1.807) is 12.1 Å². The molecule has 0 saturated carbocycles. The smallest absolute Gasteiger partial charge is 0.271 e. The summed E-state index contributed by atoms with van der Waals surface area (Å²) in [6.07, 6.45) is 0.185. The summed E-state index contributed by atoms with van der Waals surface area (Å²) < 4.78 is 2.00. The van der Waals surface area contributed by atoms with E-state index < -0.39 is 4.92 Å². The maximum atomic E-state index is 12.5. The Morgan fingerprint density at radius 3 is 2.52 bits per heavy atom. The second-order valence-electron chi connectivity index (χ2n) is 7.16. The van der Waals surface area contributed by atoms with Gasteiger partial charge in [0.2, 0.25) is 5.91 Å². The van der Waals surface area contributed by atoms with Crippen molar-refractivity contribution in [2.24, 2.45) is 0 Å². The third-order valence-corrected chi connectivity index (χ3v) is 5.16. The summed E-state index contributed by atoms with van der Waals surface area (Å²) in [5, 5.41) is 14.7. The Morgan fingerprint density at radius 1 is 0.968 bits per heavy atom. The molecular weight excluding hydrogens is 394 g/mol. The number of nitro benzene ring substituents is 1. The van der Waals surface area contributed by atoms with Crippen LogP contribution in [0.3, 0.4) is 0 Å². The van der Waals surface area contributed by atoms with Crippen LogP contribution in [0.5, 0.6) is 0 Å². The van der Waals surface area contributed by atoms with E-state index in [9.17, 15) is 14.9 Å². The average molecular weight is 411 g/mol. The van der Waals surface area contributed by atoms with Crippen molar-refractivity contribution in [1.82, 2.24) is 14.5 Å². The van der Waals surface area contributed by atoms with Gasteiger partial charge in [-0.2, -0.15) is 0 Å². The lowest BCUT2D eigenvalue weighted by atomic mass is 10.2. The summed E-state index contributed by atoms with van der Waals surface area (Å²) in [5.74, 6) is -0.236. The lowest BCUT2D eigenvalue weighted by Gasteiger charge is -2.08. The van der Waals surface area contributed by atoms with E-state index in [4.69, 9.17) is 9.97 Å². The Hall–Kier alpha value is -4.33. The molecule has 0 bridgehead atoms. The molecule has 5 aromatic rings. The van der Waals surface area contributed by atoms with Gasteiger partial charge in [-0.1, -0.05) is 36.4 Å². The van der Waals surface area contributed by atoms with Crippen LogP contribution >= 0.6 is 0 Å². The van der Waals surface area contributed by atoms with E-state index in [1.807, 2.05) is 53.1 Å². The summed E-state index contributed by atoms with van der Waals surface area (Å²) >= 11 is 0. The number of para-hydroxylation sites is 3. The van der Waals surface area contributed by atoms with Crippen molar-refractivity contribution >= 4 is 50.4 Å². The minimum atomic E-state index is -0.489. The molecular formula is C23H17N5O3. The summed E-state index contributed by atoms with van der Waals surface area (Å²) in [6.45, 7) is 0.401. The zero-order valence-electron chi connectivity index (χ0n) is 16.4. The molecule has 0 atom stereocenters. The molecule has 8 nitrogen and oxygen atoms in total. The van der Waals surface area contributed by atoms with Gasteiger partial charge in [0, 0.05) is 36.2 Å². The fourth-order valence-corrected chi connectivity index (χ4v) is 3.74. The topological polar surface area (TPSA) is 103 Å². The highest BCUT2D eigenvalue weighted by atomic mass is 16.6. The minimum absolute atomic E-state index is 0.0673. The number of hydrogen-bond acceptors (Lipinski definition) is 5. The SMILES string of the molecule is O=C(CCn1c2ccccc2c2nc3ccccc3nc21)Nc1cccc([N+](=O)[O-])c1. The first-order chi connectivity index (χ1) is 15.1. The van der Waals surface area contributed by atoms with E-state index in [-0.39, 0.29) is 18.0 Å². The largest absolute Gasteiger partial charge is 0.326 e. The van der Waals surface area contributed by atoms with Crippen LogP contribution in [0, 0.1) is 10.1 Å². The average Bonchev–Trinajstić information content (AvgIpc) is 3.09. The van der Waals surface area contributed by atoms with Crippen LogP contribution in [-0.4, -0.2) is 25.4 Å². The number of nitrogens with one attached hydrogen (secondary N) is 1. The fourth-order valence-electron chi connectivity index (χ4n) is 3.74. The predicted molar refractivity (Wildman–Crippen MR) is 119 cm³/mol. The van der Waals surface area contributed by atoms with E-state index in [0.717, 1.165) is 33.1 Å². The molecule has 5 rings (SSSR count). The van der Waals surface area contributed by atoms with Crippen molar-refractivity contribution in [2.75, 3.05) is 5.32 Å². The van der Waals surface area contributed by atoms with E-state index in [2.05, 4.69) is 5.32 Å². The van der Waals surface area contributed by atoms with Crippen LogP contribution in [-0.2, 0) is 11.3 Å². The van der Waals surface area contributed by atoms with Gasteiger partial charge in [0.05, 0.1) is 21.5 Å². The van der Waals surface area contributed by atoms with Crippen LogP contribution in [0.2, 0.25) is 0 Å². The van der Waals surface area contributed by atoms with Crippen molar-refractivity contribution in [3.05, 3.63) is 82.9 Å². The van der Waals surface area contributed by atoms with E-state index in [0.29, 0.717) is 12.2 Å². The molecule has 1 N–H and O–H groups in total. The molecule has 0 radical (unpaired) electrons. The predicted octanol–water partition coefficient (Wildman–Crippen LogP) is 4.67. The molecule has 3 aromatic carbocycles. The molecule has 0 aliphatic heterocycles. The third-order valence-electron chi connectivity index (χ3n) is 5.16. The first-order valence-corrected chi connectivity index (χ1v) is 9.78. The maximum absolute atomic E-state index is 12.5. The van der Waals surface area contributed by atoms with Gasteiger partial charge in [-0.25, -0.2) is 9.97 Å². The maximum Gasteiger partial charge on any atom is 0.271 e. The number of benzene rings is 3. The molecule has 0 fully saturated rings. The van der Waals surface area contributed by atoms with Crippen LogP contribution in [0.15, 0.2) is 72.8 Å². The number of hydrogen-bond donors (Lipinski definition) is 1. The fraction of sp³-hybridized carbons (Fsp3) is 0.0870. The van der Waals surface area contributed by atoms with Gasteiger partial charge in [-0.05, 0) is 24.3 Å². The van der Waals surface area contributed by atoms with Crippen LogP contribution < -0.4 is 5.32 Å². The molecule has 0 aliphatic rings. The number of carbonyl (C=O) groups excluding carboxylic acids is 1. The normalized spacial score (nSPS) is 11.2. The lowest BCUT2D eigenvalue weighted by molar-refractivity contribution is -0.384. The summed E-state index contributed by atoms with van der Waals surface area (Å²) in [5.41, 5.74) is 4.42. The van der Waals surface area contributed by atoms with Gasteiger partial charge in [0.15, 0.2) is 5.65 Å². The number of nitrogens with zero attached hydrogens (tertiary/aromatic N) is 4. The molecule has 0 aliphatic carbocycles. The summed E-state index contributed by atoms with van der Waals surface area (Å²) in [6, 6.07) is 21.5. The Morgan fingerprint density at radius 2 is 1.71 bits per heavy atom. The lowest BCUT2D eigenvalue weighted by Crippen LogP contribution is -2.14. The van der Waals surface area contributed by atoms with Crippen LogP contribution in [0.25, 0.3) is 33.1 Å². The molecule has 0 saturated heterocycles. The van der Waals surface area contributed by atoms with Gasteiger partial charge in [0.1, 0.15) is 5.52 Å². The zero-order valence-corrected chi connectivity index (χ0v) is 16.4. The van der Waals surface area contributed by atoms with Crippen molar-refractivity contribution in [3.8, 4) is 0 Å². The molecule has 2 aromatic heterocycles. The number of rotatable bonds is 5. The molecule has 0 spiro atoms. The van der Waals surface area contributed by atoms with Crippen molar-refractivity contribution in [1.29, 1.82) is 0 Å². The standard InChI is InChI=1S/C23H17N5O3/c29-21(24-15-6-5-7-16(14-15)28(30)31)12-13-27-20-11-4-1-8-17(20)22-23(27)26-19-10-3-2-9-18(19)25-22/h1-11,14H,12-13H2,(H,24,29). The number of fused-ring (bicyclic) bond motifs is 4. The third kappa shape index (κ3) is 3.44.